The molecule has 1 aliphatic rings. The summed E-state index contributed by atoms with van der Waals surface area (Å²) in [7, 11) is 1.82. The SMILES string of the molecule is CC1CC1CN(C)C(=O)c1cnccc1Cl. The summed E-state index contributed by atoms with van der Waals surface area (Å²) in [5, 5.41) is 0.468. The van der Waals surface area contributed by atoms with Crippen LogP contribution in [0.25, 0.3) is 0 Å². The van der Waals surface area contributed by atoms with Gasteiger partial charge in [0, 0.05) is 26.0 Å². The Labute approximate surface area is 100 Å². The van der Waals surface area contributed by atoms with Crippen LogP contribution in [-0.2, 0) is 0 Å². The Morgan fingerprint density at radius 1 is 1.69 bits per heavy atom. The van der Waals surface area contributed by atoms with Gasteiger partial charge in [0.1, 0.15) is 0 Å². The number of rotatable bonds is 3. The van der Waals surface area contributed by atoms with Crippen molar-refractivity contribution in [2.24, 2.45) is 11.8 Å². The molecule has 1 amide bonds. The van der Waals surface area contributed by atoms with E-state index in [1.807, 2.05) is 7.05 Å². The molecular formula is C12H15ClN2O. The Morgan fingerprint density at radius 3 is 2.94 bits per heavy atom. The van der Waals surface area contributed by atoms with E-state index >= 15 is 0 Å². The molecule has 0 radical (unpaired) electrons. The third-order valence-corrected chi connectivity index (χ3v) is 3.46. The highest BCUT2D eigenvalue weighted by atomic mass is 35.5. The average molecular weight is 239 g/mol. The smallest absolute Gasteiger partial charge is 0.256 e. The molecule has 0 bridgehead atoms. The predicted molar refractivity (Wildman–Crippen MR) is 63.5 cm³/mol. The Bertz CT molecular complexity index is 408. The molecule has 4 heteroatoms. The summed E-state index contributed by atoms with van der Waals surface area (Å²) in [6.45, 7) is 3.02. The maximum atomic E-state index is 12.0. The molecule has 1 aromatic rings. The second kappa shape index (κ2) is 4.42. The number of aromatic nitrogens is 1. The molecule has 0 aliphatic heterocycles. The van der Waals surface area contributed by atoms with E-state index in [-0.39, 0.29) is 5.91 Å². The summed E-state index contributed by atoms with van der Waals surface area (Å²) >= 11 is 5.96. The fourth-order valence-electron chi connectivity index (χ4n) is 1.83. The molecule has 0 spiro atoms. The Hall–Kier alpha value is -1.09. The molecule has 1 fully saturated rings. The van der Waals surface area contributed by atoms with Crippen molar-refractivity contribution in [3.8, 4) is 0 Å². The van der Waals surface area contributed by atoms with Crippen molar-refractivity contribution in [3.05, 3.63) is 29.0 Å². The zero-order valence-electron chi connectivity index (χ0n) is 9.48. The summed E-state index contributed by atoms with van der Waals surface area (Å²) in [4.78, 5) is 17.7. The van der Waals surface area contributed by atoms with E-state index in [2.05, 4.69) is 11.9 Å². The van der Waals surface area contributed by atoms with Crippen LogP contribution in [0.4, 0.5) is 0 Å². The number of pyridine rings is 1. The Balaban J connectivity index is 2.04. The summed E-state index contributed by atoms with van der Waals surface area (Å²) in [6.07, 6.45) is 4.33. The monoisotopic (exact) mass is 238 g/mol. The predicted octanol–water partition coefficient (Wildman–Crippen LogP) is 2.46. The maximum Gasteiger partial charge on any atom is 0.256 e. The lowest BCUT2D eigenvalue weighted by Gasteiger charge is -2.17. The lowest BCUT2D eigenvalue weighted by atomic mass is 10.2. The number of carbonyl (C=O) groups excluding carboxylic acids is 1. The van der Waals surface area contributed by atoms with Gasteiger partial charge < -0.3 is 4.90 Å². The first-order chi connectivity index (χ1) is 7.59. The number of hydrogen-bond acceptors (Lipinski definition) is 2. The van der Waals surface area contributed by atoms with E-state index in [4.69, 9.17) is 11.6 Å². The molecule has 86 valence electrons. The number of nitrogens with zero attached hydrogens (tertiary/aromatic N) is 2. The van der Waals surface area contributed by atoms with Gasteiger partial charge in [-0.05, 0) is 24.3 Å². The van der Waals surface area contributed by atoms with Gasteiger partial charge in [0.2, 0.25) is 0 Å². The van der Waals surface area contributed by atoms with E-state index in [0.29, 0.717) is 16.5 Å². The van der Waals surface area contributed by atoms with E-state index in [1.54, 1.807) is 17.2 Å². The highest BCUT2D eigenvalue weighted by Gasteiger charge is 2.34. The van der Waals surface area contributed by atoms with Crippen molar-refractivity contribution >= 4 is 17.5 Å². The topological polar surface area (TPSA) is 33.2 Å². The quantitative estimate of drug-likeness (QED) is 0.811. The van der Waals surface area contributed by atoms with Gasteiger partial charge in [0.25, 0.3) is 5.91 Å². The zero-order valence-corrected chi connectivity index (χ0v) is 10.2. The molecule has 1 aliphatic carbocycles. The first-order valence-corrected chi connectivity index (χ1v) is 5.82. The molecular weight excluding hydrogens is 224 g/mol. The maximum absolute atomic E-state index is 12.0. The average Bonchev–Trinajstić information content (AvgIpc) is 2.94. The second-order valence-corrected chi connectivity index (χ2v) is 4.92. The minimum absolute atomic E-state index is 0.0443. The minimum Gasteiger partial charge on any atom is -0.341 e. The fourth-order valence-corrected chi connectivity index (χ4v) is 2.01. The van der Waals surface area contributed by atoms with E-state index in [0.717, 1.165) is 12.5 Å². The van der Waals surface area contributed by atoms with Crippen molar-refractivity contribution in [1.82, 2.24) is 9.88 Å². The van der Waals surface area contributed by atoms with Gasteiger partial charge in [0.05, 0.1) is 10.6 Å². The van der Waals surface area contributed by atoms with Crippen LogP contribution in [0.2, 0.25) is 5.02 Å². The number of hydrogen-bond donors (Lipinski definition) is 0. The van der Waals surface area contributed by atoms with Crippen LogP contribution in [0.5, 0.6) is 0 Å². The first kappa shape index (κ1) is 11.4. The van der Waals surface area contributed by atoms with Gasteiger partial charge >= 0.3 is 0 Å². The van der Waals surface area contributed by atoms with Gasteiger partial charge in [0.15, 0.2) is 0 Å². The van der Waals surface area contributed by atoms with Crippen LogP contribution in [0, 0.1) is 11.8 Å². The summed E-state index contributed by atoms with van der Waals surface area (Å²) < 4.78 is 0. The fraction of sp³-hybridized carbons (Fsp3) is 0.500. The van der Waals surface area contributed by atoms with Crippen molar-refractivity contribution in [1.29, 1.82) is 0 Å². The first-order valence-electron chi connectivity index (χ1n) is 5.44. The normalized spacial score (nSPS) is 22.9. The molecule has 1 aromatic heterocycles. The van der Waals surface area contributed by atoms with Crippen LogP contribution in [0.15, 0.2) is 18.5 Å². The van der Waals surface area contributed by atoms with Gasteiger partial charge in [-0.25, -0.2) is 0 Å². The summed E-state index contributed by atoms with van der Waals surface area (Å²) in [6, 6.07) is 1.64. The molecule has 2 unspecified atom stereocenters. The third-order valence-electron chi connectivity index (χ3n) is 3.13. The number of halogens is 1. The zero-order chi connectivity index (χ0) is 11.7. The molecule has 16 heavy (non-hydrogen) atoms. The number of carbonyl (C=O) groups is 1. The van der Waals surface area contributed by atoms with Crippen molar-refractivity contribution < 1.29 is 4.79 Å². The molecule has 3 nitrogen and oxygen atoms in total. The van der Waals surface area contributed by atoms with Crippen molar-refractivity contribution in [3.63, 3.8) is 0 Å². The molecule has 2 rings (SSSR count). The van der Waals surface area contributed by atoms with Crippen LogP contribution >= 0.6 is 11.6 Å². The van der Waals surface area contributed by atoms with E-state index in [1.165, 1.54) is 12.6 Å². The largest absolute Gasteiger partial charge is 0.341 e. The van der Waals surface area contributed by atoms with Crippen LogP contribution in [0.3, 0.4) is 0 Å². The highest BCUT2D eigenvalue weighted by Crippen LogP contribution is 2.38. The molecule has 1 heterocycles. The van der Waals surface area contributed by atoms with Crippen molar-refractivity contribution in [2.75, 3.05) is 13.6 Å². The van der Waals surface area contributed by atoms with E-state index in [9.17, 15) is 4.79 Å². The molecule has 0 N–H and O–H groups in total. The summed E-state index contributed by atoms with van der Waals surface area (Å²) in [5.74, 6) is 1.36. The van der Waals surface area contributed by atoms with Gasteiger partial charge in [-0.3, -0.25) is 9.78 Å². The van der Waals surface area contributed by atoms with Gasteiger partial charge in [-0.2, -0.15) is 0 Å². The van der Waals surface area contributed by atoms with Crippen molar-refractivity contribution in [2.45, 2.75) is 13.3 Å². The van der Waals surface area contributed by atoms with Crippen LogP contribution in [0.1, 0.15) is 23.7 Å². The standard InChI is InChI=1S/C12H15ClN2O/c1-8-5-9(8)7-15(2)12(16)10-6-14-4-3-11(10)13/h3-4,6,8-9H,5,7H2,1-2H3. The Kier molecular flexibility index (Phi) is 3.15. The van der Waals surface area contributed by atoms with Crippen LogP contribution < -0.4 is 0 Å². The second-order valence-electron chi connectivity index (χ2n) is 4.51. The lowest BCUT2D eigenvalue weighted by molar-refractivity contribution is 0.0787. The van der Waals surface area contributed by atoms with E-state index < -0.39 is 0 Å². The highest BCUT2D eigenvalue weighted by molar-refractivity contribution is 6.33. The van der Waals surface area contributed by atoms with Gasteiger partial charge in [-0.15, -0.1) is 0 Å². The number of amides is 1. The molecule has 0 aromatic carbocycles. The molecule has 0 saturated heterocycles. The Morgan fingerprint density at radius 2 is 2.38 bits per heavy atom. The third kappa shape index (κ3) is 2.35. The van der Waals surface area contributed by atoms with Gasteiger partial charge in [-0.1, -0.05) is 18.5 Å². The molecule has 2 atom stereocenters. The summed E-state index contributed by atoms with van der Waals surface area (Å²) in [5.41, 5.74) is 0.486. The van der Waals surface area contributed by atoms with Crippen LogP contribution in [-0.4, -0.2) is 29.4 Å². The minimum atomic E-state index is -0.0443. The molecule has 1 saturated carbocycles. The lowest BCUT2D eigenvalue weighted by Crippen LogP contribution is -2.29.